The van der Waals surface area contributed by atoms with Crippen LogP contribution in [0.2, 0.25) is 0 Å². The number of hydrogen-bond acceptors (Lipinski definition) is 7. The average Bonchev–Trinajstić information content (AvgIpc) is 2.80. The number of nitrogens with zero attached hydrogens (tertiary/aromatic N) is 3. The van der Waals surface area contributed by atoms with E-state index < -0.39 is 5.82 Å². The van der Waals surface area contributed by atoms with Gasteiger partial charge in [-0.1, -0.05) is 6.07 Å². The molecule has 9 nitrogen and oxygen atoms in total. The fraction of sp³-hybridized carbons (Fsp3) is 0.217. The van der Waals surface area contributed by atoms with Crippen LogP contribution in [0, 0.1) is 12.7 Å². The van der Waals surface area contributed by atoms with Gasteiger partial charge in [-0.25, -0.2) is 14.4 Å². The molecule has 0 radical (unpaired) electrons. The molecule has 0 aliphatic heterocycles. The van der Waals surface area contributed by atoms with Crippen LogP contribution in [0.1, 0.15) is 26.3 Å². The highest BCUT2D eigenvalue weighted by molar-refractivity contribution is 6.02. The van der Waals surface area contributed by atoms with Gasteiger partial charge >= 0.3 is 0 Å². The number of hydrogen-bond donors (Lipinski definition) is 3. The quantitative estimate of drug-likeness (QED) is 0.504. The number of halogens is 1. The Balaban J connectivity index is 2.03. The molecule has 10 heteroatoms. The van der Waals surface area contributed by atoms with Crippen molar-refractivity contribution in [1.29, 1.82) is 0 Å². The minimum Gasteiger partial charge on any atom is -0.494 e. The topological polar surface area (TPSA) is 108 Å². The number of carbonyl (C=O) groups is 2. The van der Waals surface area contributed by atoms with Crippen LogP contribution in [0.25, 0.3) is 0 Å². The molecule has 0 saturated heterocycles. The number of carbonyl (C=O) groups excluding carboxylic acids is 2. The normalized spacial score (nSPS) is 10.4. The van der Waals surface area contributed by atoms with Gasteiger partial charge in [-0.05, 0) is 30.7 Å². The van der Waals surface area contributed by atoms with Crippen molar-refractivity contribution in [3.63, 3.8) is 0 Å². The molecule has 0 spiro atoms. The lowest BCUT2D eigenvalue weighted by atomic mass is 10.1. The van der Waals surface area contributed by atoms with E-state index in [2.05, 4.69) is 25.9 Å². The lowest BCUT2D eigenvalue weighted by Gasteiger charge is -2.18. The van der Waals surface area contributed by atoms with Crippen molar-refractivity contribution in [2.45, 2.75) is 6.92 Å². The molecular weight excluding hydrogens is 427 g/mol. The van der Waals surface area contributed by atoms with Crippen LogP contribution in [0.5, 0.6) is 5.75 Å². The van der Waals surface area contributed by atoms with Gasteiger partial charge in [0.15, 0.2) is 5.75 Å². The second-order valence-corrected chi connectivity index (χ2v) is 7.35. The molecule has 0 unspecified atom stereocenters. The second-order valence-electron chi connectivity index (χ2n) is 7.35. The predicted octanol–water partition coefficient (Wildman–Crippen LogP) is 3.48. The lowest BCUT2D eigenvalue weighted by molar-refractivity contribution is 0.0824. The van der Waals surface area contributed by atoms with Crippen LogP contribution in [0.4, 0.5) is 27.4 Å². The van der Waals surface area contributed by atoms with Crippen molar-refractivity contribution < 1.29 is 18.7 Å². The molecule has 2 amide bonds. The Hall–Kier alpha value is -4.21. The molecule has 0 atom stereocenters. The van der Waals surface area contributed by atoms with E-state index in [1.54, 1.807) is 51.4 Å². The Morgan fingerprint density at radius 2 is 1.70 bits per heavy atom. The third-order valence-electron chi connectivity index (χ3n) is 4.80. The first-order chi connectivity index (χ1) is 15.7. The smallest absolute Gasteiger partial charge is 0.257 e. The highest BCUT2D eigenvalue weighted by atomic mass is 19.1. The van der Waals surface area contributed by atoms with E-state index in [-0.39, 0.29) is 17.4 Å². The van der Waals surface area contributed by atoms with Gasteiger partial charge in [0.2, 0.25) is 0 Å². The monoisotopic (exact) mass is 452 g/mol. The molecule has 0 aliphatic rings. The summed E-state index contributed by atoms with van der Waals surface area (Å²) in [6.07, 6.45) is 2.52. The minimum absolute atomic E-state index is 0.225. The zero-order valence-electron chi connectivity index (χ0n) is 19.0. The molecule has 1 aromatic carbocycles. The number of aryl methyl sites for hydroxylation is 1. The number of nitrogens with one attached hydrogen (secondary N) is 3. The Morgan fingerprint density at radius 3 is 2.33 bits per heavy atom. The fourth-order valence-electron chi connectivity index (χ4n) is 3.09. The largest absolute Gasteiger partial charge is 0.494 e. The van der Waals surface area contributed by atoms with Crippen LogP contribution in [0.3, 0.4) is 0 Å². The van der Waals surface area contributed by atoms with Gasteiger partial charge in [0.1, 0.15) is 17.5 Å². The molecule has 2 heterocycles. The molecule has 0 saturated carbocycles. The summed E-state index contributed by atoms with van der Waals surface area (Å²) in [5, 5.41) is 8.75. The van der Waals surface area contributed by atoms with E-state index in [0.717, 1.165) is 6.20 Å². The Labute approximate surface area is 191 Å². The molecule has 0 fully saturated rings. The van der Waals surface area contributed by atoms with Gasteiger partial charge in [-0.2, -0.15) is 0 Å². The van der Waals surface area contributed by atoms with E-state index in [4.69, 9.17) is 4.74 Å². The van der Waals surface area contributed by atoms with Gasteiger partial charge in [0.25, 0.3) is 11.8 Å². The summed E-state index contributed by atoms with van der Waals surface area (Å²) >= 11 is 0. The fourth-order valence-corrected chi connectivity index (χ4v) is 3.09. The number of methoxy groups -OCH3 is 1. The molecule has 0 bridgehead atoms. The summed E-state index contributed by atoms with van der Waals surface area (Å²) < 4.78 is 19.0. The molecule has 2 aromatic heterocycles. The van der Waals surface area contributed by atoms with Crippen molar-refractivity contribution in [3.05, 3.63) is 65.2 Å². The third-order valence-corrected chi connectivity index (χ3v) is 4.80. The first-order valence-corrected chi connectivity index (χ1v) is 10.0. The summed E-state index contributed by atoms with van der Waals surface area (Å²) in [4.78, 5) is 34.7. The van der Waals surface area contributed by atoms with Gasteiger partial charge in [0.05, 0.1) is 35.8 Å². The maximum Gasteiger partial charge on any atom is 0.257 e. The highest BCUT2D eigenvalue weighted by Crippen LogP contribution is 2.34. The van der Waals surface area contributed by atoms with Crippen LogP contribution in [-0.2, 0) is 0 Å². The van der Waals surface area contributed by atoms with Crippen molar-refractivity contribution in [2.24, 2.45) is 0 Å². The van der Waals surface area contributed by atoms with Crippen LogP contribution in [0.15, 0.2) is 42.7 Å². The van der Waals surface area contributed by atoms with Crippen molar-refractivity contribution in [2.75, 3.05) is 38.9 Å². The summed E-state index contributed by atoms with van der Waals surface area (Å²) in [5.41, 5.74) is 1.98. The number of benzene rings is 1. The zero-order chi connectivity index (χ0) is 24.1. The Bertz CT molecular complexity index is 1200. The zero-order valence-corrected chi connectivity index (χ0v) is 19.0. The lowest BCUT2D eigenvalue weighted by Crippen LogP contribution is -2.22. The van der Waals surface area contributed by atoms with E-state index in [0.29, 0.717) is 39.9 Å². The van der Waals surface area contributed by atoms with Crippen LogP contribution < -0.4 is 20.7 Å². The van der Waals surface area contributed by atoms with E-state index in [1.807, 2.05) is 0 Å². The predicted molar refractivity (Wildman–Crippen MR) is 124 cm³/mol. The van der Waals surface area contributed by atoms with Gasteiger partial charge in [-0.3, -0.25) is 9.59 Å². The number of rotatable bonds is 7. The molecule has 33 heavy (non-hydrogen) atoms. The maximum atomic E-state index is 13.5. The number of ether oxygens (including phenoxy) is 1. The molecule has 172 valence electrons. The number of aromatic nitrogens is 2. The first-order valence-electron chi connectivity index (χ1n) is 10.0. The van der Waals surface area contributed by atoms with Gasteiger partial charge in [0, 0.05) is 33.4 Å². The molecular formula is C23H25FN6O3. The number of pyridine rings is 2. The van der Waals surface area contributed by atoms with Crippen molar-refractivity contribution >= 4 is 34.8 Å². The summed E-state index contributed by atoms with van der Waals surface area (Å²) in [5.74, 6) is 0.120. The number of anilines is 4. The first kappa shape index (κ1) is 23.5. The Morgan fingerprint density at radius 1 is 1.00 bits per heavy atom. The van der Waals surface area contributed by atoms with Crippen molar-refractivity contribution in [3.8, 4) is 5.75 Å². The van der Waals surface area contributed by atoms with E-state index in [1.165, 1.54) is 25.3 Å². The Kier molecular flexibility index (Phi) is 7.07. The molecule has 3 rings (SSSR count). The maximum absolute atomic E-state index is 13.5. The summed E-state index contributed by atoms with van der Waals surface area (Å²) in [6, 6.07) is 8.28. The van der Waals surface area contributed by atoms with Crippen LogP contribution >= 0.6 is 0 Å². The molecule has 3 N–H and O–H groups in total. The van der Waals surface area contributed by atoms with Crippen LogP contribution in [-0.4, -0.2) is 54.9 Å². The molecule has 0 aliphatic carbocycles. The molecule has 3 aromatic rings. The third kappa shape index (κ3) is 5.17. The van der Waals surface area contributed by atoms with E-state index >= 15 is 0 Å². The minimum atomic E-state index is -0.412. The van der Waals surface area contributed by atoms with Crippen molar-refractivity contribution in [1.82, 2.24) is 20.2 Å². The standard InChI is InChI=1S/C23H25FN6O3/c1-13-9-19(27-12-16(13)24)29-20-10-18(15(11-26-20)22(31)25-2)28-17-8-6-7-14(21(17)33-5)23(32)30(3)4/h6-12H,1-5H3,(H,25,31)(H2,26,27,28,29). The number of para-hydroxylation sites is 1. The summed E-state index contributed by atoms with van der Waals surface area (Å²) in [6.45, 7) is 1.63. The van der Waals surface area contributed by atoms with Gasteiger partial charge in [-0.15, -0.1) is 0 Å². The van der Waals surface area contributed by atoms with E-state index in [9.17, 15) is 14.0 Å². The SMILES string of the molecule is CNC(=O)c1cnc(Nc2cc(C)c(F)cn2)cc1Nc1cccc(C(=O)N(C)C)c1OC. The highest BCUT2D eigenvalue weighted by Gasteiger charge is 2.19. The average molecular weight is 452 g/mol. The second kappa shape index (κ2) is 9.94. The summed E-state index contributed by atoms with van der Waals surface area (Å²) in [7, 11) is 6.28. The van der Waals surface area contributed by atoms with Gasteiger partial charge < -0.3 is 25.6 Å². The number of amides is 2.